The third-order valence-electron chi connectivity index (χ3n) is 1.00. The highest BCUT2D eigenvalue weighted by molar-refractivity contribution is 5.98. The first kappa shape index (κ1) is 8.38. The van der Waals surface area contributed by atoms with Crippen molar-refractivity contribution in [3.63, 3.8) is 0 Å². The van der Waals surface area contributed by atoms with Crippen LogP contribution in [-0.2, 0) is 4.79 Å². The molecule has 0 bridgehead atoms. The van der Waals surface area contributed by atoms with Gasteiger partial charge < -0.3 is 0 Å². The van der Waals surface area contributed by atoms with E-state index in [4.69, 9.17) is 0 Å². The molecule has 1 aromatic heterocycles. The summed E-state index contributed by atoms with van der Waals surface area (Å²) in [6.45, 7) is 3.66. The number of allylic oxidation sites excluding steroid dienone is 1. The Bertz CT molecular complexity index is 285. The smallest absolute Gasteiger partial charge is 0.270 e. The van der Waals surface area contributed by atoms with Crippen LogP contribution in [0.1, 0.15) is 13.8 Å². The number of aromatic nitrogens is 4. The predicted octanol–water partition coefficient (Wildman–Crippen LogP) is 0.104. The zero-order chi connectivity index (χ0) is 8.97. The van der Waals surface area contributed by atoms with Crippen molar-refractivity contribution in [2.75, 3.05) is 5.32 Å². The second-order valence-electron chi connectivity index (χ2n) is 2.45. The van der Waals surface area contributed by atoms with Gasteiger partial charge in [-0.3, -0.25) is 10.1 Å². The van der Waals surface area contributed by atoms with Crippen LogP contribution in [0.15, 0.2) is 11.6 Å². The number of carbonyl (C=O) groups excluding carboxylic acids is 1. The summed E-state index contributed by atoms with van der Waals surface area (Å²) < 4.78 is 0. The van der Waals surface area contributed by atoms with Crippen LogP contribution in [0.25, 0.3) is 0 Å². The Morgan fingerprint density at radius 2 is 2.33 bits per heavy atom. The molecule has 0 atom stereocenters. The van der Waals surface area contributed by atoms with Crippen LogP contribution in [-0.4, -0.2) is 26.5 Å². The van der Waals surface area contributed by atoms with E-state index < -0.39 is 0 Å². The molecule has 0 radical (unpaired) electrons. The van der Waals surface area contributed by atoms with Crippen molar-refractivity contribution in [1.82, 2.24) is 20.6 Å². The van der Waals surface area contributed by atoms with Crippen LogP contribution in [0, 0.1) is 0 Å². The number of H-pyrrole nitrogens is 1. The van der Waals surface area contributed by atoms with Gasteiger partial charge in [-0.05, 0) is 19.1 Å². The topological polar surface area (TPSA) is 83.6 Å². The largest absolute Gasteiger partial charge is 0.288 e. The van der Waals surface area contributed by atoms with E-state index in [0.717, 1.165) is 5.57 Å². The van der Waals surface area contributed by atoms with Crippen LogP contribution in [0.5, 0.6) is 0 Å². The van der Waals surface area contributed by atoms with Gasteiger partial charge in [-0.25, -0.2) is 0 Å². The van der Waals surface area contributed by atoms with Crippen molar-refractivity contribution in [2.24, 2.45) is 0 Å². The molecule has 1 rings (SSSR count). The van der Waals surface area contributed by atoms with E-state index in [9.17, 15) is 4.79 Å². The van der Waals surface area contributed by atoms with Crippen LogP contribution in [0.2, 0.25) is 0 Å². The highest BCUT2D eigenvalue weighted by Crippen LogP contribution is 1.93. The molecule has 0 unspecified atom stereocenters. The van der Waals surface area contributed by atoms with Crippen LogP contribution in [0.4, 0.5) is 5.95 Å². The number of tetrazole rings is 1. The Hall–Kier alpha value is -1.72. The Kier molecular flexibility index (Phi) is 2.52. The summed E-state index contributed by atoms with van der Waals surface area (Å²) in [4.78, 5) is 11.0. The molecule has 64 valence electrons. The first-order valence-corrected chi connectivity index (χ1v) is 3.38. The molecule has 1 heterocycles. The fourth-order valence-corrected chi connectivity index (χ4v) is 0.623. The van der Waals surface area contributed by atoms with Gasteiger partial charge >= 0.3 is 0 Å². The van der Waals surface area contributed by atoms with Gasteiger partial charge in [-0.1, -0.05) is 10.7 Å². The van der Waals surface area contributed by atoms with E-state index in [0.29, 0.717) is 0 Å². The monoisotopic (exact) mass is 167 g/mol. The maximum atomic E-state index is 11.0. The van der Waals surface area contributed by atoms with E-state index in [1.54, 1.807) is 0 Å². The zero-order valence-corrected chi connectivity index (χ0v) is 6.83. The molecule has 2 N–H and O–H groups in total. The molecule has 0 aliphatic carbocycles. The Labute approximate surface area is 69.1 Å². The van der Waals surface area contributed by atoms with E-state index in [2.05, 4.69) is 25.9 Å². The summed E-state index contributed by atoms with van der Waals surface area (Å²) in [6.07, 6.45) is 1.45. The summed E-state index contributed by atoms with van der Waals surface area (Å²) in [6, 6.07) is 0. The minimum atomic E-state index is -0.253. The standard InChI is InChI=1S/C6H9N5O/c1-4(2)3-5(12)7-6-8-10-11-9-6/h3H,1-2H3,(H2,7,8,9,10,11,12). The van der Waals surface area contributed by atoms with Gasteiger partial charge in [-0.2, -0.15) is 5.21 Å². The number of nitrogens with one attached hydrogen (secondary N) is 2. The number of hydrogen-bond donors (Lipinski definition) is 2. The molecule has 0 aromatic carbocycles. The molecule has 0 aliphatic rings. The summed E-state index contributed by atoms with van der Waals surface area (Å²) in [5.74, 6) is -0.0751. The summed E-state index contributed by atoms with van der Waals surface area (Å²) >= 11 is 0. The number of rotatable bonds is 2. The normalized spacial score (nSPS) is 9.17. The molecule has 0 aliphatic heterocycles. The minimum Gasteiger partial charge on any atom is -0.288 e. The van der Waals surface area contributed by atoms with Crippen molar-refractivity contribution in [3.05, 3.63) is 11.6 Å². The number of hydrogen-bond acceptors (Lipinski definition) is 4. The zero-order valence-electron chi connectivity index (χ0n) is 6.83. The van der Waals surface area contributed by atoms with E-state index >= 15 is 0 Å². The summed E-state index contributed by atoms with van der Waals surface area (Å²) in [5, 5.41) is 15.0. The van der Waals surface area contributed by atoms with Crippen molar-refractivity contribution in [1.29, 1.82) is 0 Å². The average Bonchev–Trinajstić information content (AvgIpc) is 2.37. The quantitative estimate of drug-likeness (QED) is 0.612. The summed E-state index contributed by atoms with van der Waals surface area (Å²) in [5.41, 5.74) is 0.913. The first-order valence-electron chi connectivity index (χ1n) is 3.38. The van der Waals surface area contributed by atoms with Crippen molar-refractivity contribution < 1.29 is 4.79 Å². The predicted molar refractivity (Wildman–Crippen MR) is 42.2 cm³/mol. The SMILES string of the molecule is CC(C)=CC(=O)Nc1nn[nH]n1. The Morgan fingerprint density at radius 1 is 1.58 bits per heavy atom. The molecular formula is C6H9N5O. The van der Waals surface area contributed by atoms with Crippen LogP contribution >= 0.6 is 0 Å². The highest BCUT2D eigenvalue weighted by Gasteiger charge is 2.00. The Balaban J connectivity index is 2.54. The van der Waals surface area contributed by atoms with Gasteiger partial charge in [0.2, 0.25) is 0 Å². The molecule has 12 heavy (non-hydrogen) atoms. The molecule has 6 nitrogen and oxygen atoms in total. The molecule has 6 heteroatoms. The van der Waals surface area contributed by atoms with Gasteiger partial charge in [0.15, 0.2) is 0 Å². The third kappa shape index (κ3) is 2.49. The lowest BCUT2D eigenvalue weighted by Gasteiger charge is -1.93. The van der Waals surface area contributed by atoms with E-state index in [1.165, 1.54) is 6.08 Å². The molecule has 0 spiro atoms. The summed E-state index contributed by atoms with van der Waals surface area (Å²) in [7, 11) is 0. The fraction of sp³-hybridized carbons (Fsp3) is 0.333. The highest BCUT2D eigenvalue weighted by atomic mass is 16.1. The molecule has 1 aromatic rings. The average molecular weight is 167 g/mol. The number of nitrogens with zero attached hydrogens (tertiary/aromatic N) is 3. The van der Waals surface area contributed by atoms with Gasteiger partial charge in [0.1, 0.15) is 0 Å². The lowest BCUT2D eigenvalue weighted by molar-refractivity contribution is -0.112. The molecule has 0 fully saturated rings. The van der Waals surface area contributed by atoms with E-state index in [1.807, 2.05) is 13.8 Å². The maximum absolute atomic E-state index is 11.0. The van der Waals surface area contributed by atoms with Gasteiger partial charge in [0.05, 0.1) is 0 Å². The van der Waals surface area contributed by atoms with Crippen LogP contribution < -0.4 is 5.32 Å². The molecule has 0 saturated carbocycles. The van der Waals surface area contributed by atoms with Crippen LogP contribution in [0.3, 0.4) is 0 Å². The number of anilines is 1. The van der Waals surface area contributed by atoms with E-state index in [-0.39, 0.29) is 11.9 Å². The third-order valence-corrected chi connectivity index (χ3v) is 1.00. The minimum absolute atomic E-state index is 0.178. The number of aromatic amines is 1. The lowest BCUT2D eigenvalue weighted by Crippen LogP contribution is -2.09. The maximum Gasteiger partial charge on any atom is 0.270 e. The number of amides is 1. The van der Waals surface area contributed by atoms with Gasteiger partial charge in [-0.15, -0.1) is 5.10 Å². The molecule has 1 amide bonds. The molecular weight excluding hydrogens is 158 g/mol. The molecule has 0 saturated heterocycles. The van der Waals surface area contributed by atoms with Crippen molar-refractivity contribution >= 4 is 11.9 Å². The second-order valence-corrected chi connectivity index (χ2v) is 2.45. The Morgan fingerprint density at radius 3 is 2.83 bits per heavy atom. The first-order chi connectivity index (χ1) is 5.68. The second kappa shape index (κ2) is 3.61. The van der Waals surface area contributed by atoms with Crippen molar-refractivity contribution in [3.8, 4) is 0 Å². The number of carbonyl (C=O) groups is 1. The van der Waals surface area contributed by atoms with Gasteiger partial charge in [0, 0.05) is 6.08 Å². The fourth-order valence-electron chi connectivity index (χ4n) is 0.623. The van der Waals surface area contributed by atoms with Gasteiger partial charge in [0.25, 0.3) is 11.9 Å². The lowest BCUT2D eigenvalue weighted by atomic mass is 10.3. The van der Waals surface area contributed by atoms with Crippen molar-refractivity contribution in [2.45, 2.75) is 13.8 Å².